The van der Waals surface area contributed by atoms with Crippen molar-refractivity contribution in [3.05, 3.63) is 47.0 Å². The maximum atomic E-state index is 11.2. The number of fused-ring (bicyclic) bond motifs is 1. The van der Waals surface area contributed by atoms with Crippen molar-refractivity contribution in [3.63, 3.8) is 0 Å². The van der Waals surface area contributed by atoms with Crippen LogP contribution in [0, 0.1) is 0 Å². The summed E-state index contributed by atoms with van der Waals surface area (Å²) < 4.78 is 4.63. The summed E-state index contributed by atoms with van der Waals surface area (Å²) in [5.41, 5.74) is 3.57. The second kappa shape index (κ2) is 5.83. The molecule has 0 aliphatic heterocycles. The van der Waals surface area contributed by atoms with E-state index in [2.05, 4.69) is 34.3 Å². The summed E-state index contributed by atoms with van der Waals surface area (Å²) in [6.07, 6.45) is 3.03. The maximum absolute atomic E-state index is 11.2. The molecule has 1 aliphatic carbocycles. The Hall–Kier alpha value is -1.61. The molecular weight excluding hydrogens is 226 g/mol. The Balaban J connectivity index is 1.74. The van der Waals surface area contributed by atoms with Gasteiger partial charge in [-0.3, -0.25) is 0 Å². The monoisotopic (exact) mass is 245 g/mol. The third-order valence-electron chi connectivity index (χ3n) is 3.41. The maximum Gasteiger partial charge on any atom is 0.333 e. The fraction of sp³-hybridized carbons (Fsp3) is 0.400. The lowest BCUT2D eigenvalue weighted by Gasteiger charge is -2.30. The van der Waals surface area contributed by atoms with Gasteiger partial charge in [-0.1, -0.05) is 30.3 Å². The Kier molecular flexibility index (Phi) is 4.15. The van der Waals surface area contributed by atoms with Crippen LogP contribution < -0.4 is 5.32 Å². The molecule has 0 aromatic heterocycles. The van der Waals surface area contributed by atoms with Crippen LogP contribution in [0.25, 0.3) is 0 Å². The average Bonchev–Trinajstić information content (AvgIpc) is 2.37. The van der Waals surface area contributed by atoms with E-state index < -0.39 is 0 Å². The van der Waals surface area contributed by atoms with Gasteiger partial charge in [0, 0.05) is 24.6 Å². The molecule has 3 nitrogen and oxygen atoms in total. The minimum Gasteiger partial charge on any atom is -0.466 e. The van der Waals surface area contributed by atoms with Crippen molar-refractivity contribution in [1.82, 2.24) is 5.32 Å². The number of methoxy groups -OCH3 is 1. The van der Waals surface area contributed by atoms with Gasteiger partial charge in [-0.2, -0.15) is 0 Å². The Morgan fingerprint density at radius 3 is 3.00 bits per heavy atom. The van der Waals surface area contributed by atoms with E-state index in [4.69, 9.17) is 0 Å². The first kappa shape index (κ1) is 12.8. The second-order valence-electron chi connectivity index (χ2n) is 4.64. The number of benzene rings is 1. The Morgan fingerprint density at radius 1 is 1.50 bits per heavy atom. The Bertz CT molecular complexity index is 465. The summed E-state index contributed by atoms with van der Waals surface area (Å²) in [6, 6.07) is 8.56. The van der Waals surface area contributed by atoms with Gasteiger partial charge in [0.1, 0.15) is 0 Å². The predicted molar refractivity (Wildman–Crippen MR) is 71.5 cm³/mol. The molecule has 1 atom stereocenters. The van der Waals surface area contributed by atoms with Crippen LogP contribution >= 0.6 is 0 Å². The zero-order chi connectivity index (χ0) is 13.0. The predicted octanol–water partition coefficient (Wildman–Crippen LogP) is 2.04. The average molecular weight is 245 g/mol. The van der Waals surface area contributed by atoms with E-state index in [1.165, 1.54) is 18.2 Å². The number of nitrogens with one attached hydrogen (secondary N) is 1. The van der Waals surface area contributed by atoms with Gasteiger partial charge in [0.05, 0.1) is 7.11 Å². The van der Waals surface area contributed by atoms with Crippen molar-refractivity contribution in [2.45, 2.75) is 19.3 Å². The summed E-state index contributed by atoms with van der Waals surface area (Å²) in [6.45, 7) is 3.44. The standard InChI is InChI=1S/C15H19NO2/c1-11(15(17)18-2)7-8-16-10-13-9-12-5-3-4-6-14(12)13/h3-7,13,16H,8-10H2,1-2H3/b11-7+. The first-order valence-corrected chi connectivity index (χ1v) is 6.26. The van der Waals surface area contributed by atoms with Gasteiger partial charge in [-0.25, -0.2) is 4.79 Å². The first-order chi connectivity index (χ1) is 8.72. The van der Waals surface area contributed by atoms with Gasteiger partial charge in [-0.15, -0.1) is 0 Å². The van der Waals surface area contributed by atoms with Crippen LogP contribution in [0.4, 0.5) is 0 Å². The van der Waals surface area contributed by atoms with Crippen LogP contribution in [0.1, 0.15) is 24.0 Å². The van der Waals surface area contributed by atoms with E-state index in [1.54, 1.807) is 6.92 Å². The molecule has 1 aliphatic rings. The van der Waals surface area contributed by atoms with Crippen molar-refractivity contribution < 1.29 is 9.53 Å². The lowest BCUT2D eigenvalue weighted by Crippen LogP contribution is -2.29. The smallest absolute Gasteiger partial charge is 0.333 e. The molecule has 0 bridgehead atoms. The van der Waals surface area contributed by atoms with Gasteiger partial charge in [0.2, 0.25) is 0 Å². The van der Waals surface area contributed by atoms with E-state index in [0.29, 0.717) is 18.0 Å². The van der Waals surface area contributed by atoms with Gasteiger partial charge in [0.25, 0.3) is 0 Å². The molecule has 3 heteroatoms. The largest absolute Gasteiger partial charge is 0.466 e. The Labute approximate surface area is 108 Å². The molecule has 0 spiro atoms. The molecule has 0 fully saturated rings. The minimum atomic E-state index is -0.259. The quantitative estimate of drug-likeness (QED) is 0.490. The van der Waals surface area contributed by atoms with E-state index in [9.17, 15) is 4.79 Å². The van der Waals surface area contributed by atoms with Gasteiger partial charge in [0.15, 0.2) is 0 Å². The number of esters is 1. The molecule has 1 aromatic carbocycles. The van der Waals surface area contributed by atoms with Gasteiger partial charge < -0.3 is 10.1 Å². The zero-order valence-electron chi connectivity index (χ0n) is 10.9. The molecule has 18 heavy (non-hydrogen) atoms. The van der Waals surface area contributed by atoms with E-state index in [1.807, 2.05) is 6.08 Å². The van der Waals surface area contributed by atoms with Crippen LogP contribution in [-0.4, -0.2) is 26.2 Å². The first-order valence-electron chi connectivity index (χ1n) is 6.26. The number of carbonyl (C=O) groups excluding carboxylic acids is 1. The van der Waals surface area contributed by atoms with Crippen LogP contribution in [0.2, 0.25) is 0 Å². The summed E-state index contributed by atoms with van der Waals surface area (Å²) in [4.78, 5) is 11.2. The van der Waals surface area contributed by atoms with E-state index in [-0.39, 0.29) is 5.97 Å². The number of ether oxygens (including phenoxy) is 1. The molecule has 0 amide bonds. The van der Waals surface area contributed by atoms with Crippen LogP contribution in [-0.2, 0) is 16.0 Å². The third-order valence-corrected chi connectivity index (χ3v) is 3.41. The SMILES string of the molecule is COC(=O)/C(C)=C/CNCC1Cc2ccccc21. The number of hydrogen-bond donors (Lipinski definition) is 1. The summed E-state index contributed by atoms with van der Waals surface area (Å²) in [7, 11) is 1.40. The molecule has 0 saturated heterocycles. The van der Waals surface area contributed by atoms with Crippen molar-refractivity contribution in [2.24, 2.45) is 0 Å². The van der Waals surface area contributed by atoms with Crippen LogP contribution in [0.3, 0.4) is 0 Å². The molecule has 2 rings (SSSR count). The highest BCUT2D eigenvalue weighted by molar-refractivity contribution is 5.87. The summed E-state index contributed by atoms with van der Waals surface area (Å²) in [5.74, 6) is 0.360. The highest BCUT2D eigenvalue weighted by Gasteiger charge is 2.24. The lowest BCUT2D eigenvalue weighted by molar-refractivity contribution is -0.136. The highest BCUT2D eigenvalue weighted by atomic mass is 16.5. The van der Waals surface area contributed by atoms with Crippen molar-refractivity contribution in [3.8, 4) is 0 Å². The second-order valence-corrected chi connectivity index (χ2v) is 4.64. The molecular formula is C15H19NO2. The molecule has 1 unspecified atom stereocenters. The Morgan fingerprint density at radius 2 is 2.28 bits per heavy atom. The zero-order valence-corrected chi connectivity index (χ0v) is 10.9. The number of carbonyl (C=O) groups is 1. The molecule has 0 heterocycles. The lowest BCUT2D eigenvalue weighted by atomic mass is 9.77. The van der Waals surface area contributed by atoms with Gasteiger partial charge in [-0.05, 0) is 24.5 Å². The van der Waals surface area contributed by atoms with Crippen molar-refractivity contribution in [1.29, 1.82) is 0 Å². The fourth-order valence-corrected chi connectivity index (χ4v) is 2.27. The minimum absolute atomic E-state index is 0.259. The van der Waals surface area contributed by atoms with Gasteiger partial charge >= 0.3 is 5.97 Å². The molecule has 1 aromatic rings. The van der Waals surface area contributed by atoms with Crippen molar-refractivity contribution in [2.75, 3.05) is 20.2 Å². The topological polar surface area (TPSA) is 38.3 Å². The molecule has 1 N–H and O–H groups in total. The fourth-order valence-electron chi connectivity index (χ4n) is 2.27. The molecule has 0 radical (unpaired) electrons. The third kappa shape index (κ3) is 2.79. The summed E-state index contributed by atoms with van der Waals surface area (Å²) >= 11 is 0. The van der Waals surface area contributed by atoms with Crippen LogP contribution in [0.5, 0.6) is 0 Å². The normalized spacial score (nSPS) is 17.9. The summed E-state index contributed by atoms with van der Waals surface area (Å²) in [5, 5.41) is 3.35. The number of hydrogen-bond acceptors (Lipinski definition) is 3. The van der Waals surface area contributed by atoms with Crippen molar-refractivity contribution >= 4 is 5.97 Å². The highest BCUT2D eigenvalue weighted by Crippen LogP contribution is 2.33. The van der Waals surface area contributed by atoms with E-state index >= 15 is 0 Å². The number of rotatable bonds is 5. The molecule has 96 valence electrons. The molecule has 0 saturated carbocycles. The van der Waals surface area contributed by atoms with Crippen LogP contribution in [0.15, 0.2) is 35.9 Å². The van der Waals surface area contributed by atoms with E-state index in [0.717, 1.165) is 13.0 Å².